The number of hydrogen-bond donors (Lipinski definition) is 1. The summed E-state index contributed by atoms with van der Waals surface area (Å²) in [6, 6.07) is 15.5. The number of fused-ring (bicyclic) bond motifs is 1. The fraction of sp³-hybridized carbons (Fsp3) is 0.286. The Bertz CT molecular complexity index is 972. The van der Waals surface area contributed by atoms with Crippen molar-refractivity contribution in [3.8, 4) is 0 Å². The van der Waals surface area contributed by atoms with Crippen LogP contribution in [0.5, 0.6) is 0 Å². The van der Waals surface area contributed by atoms with Crippen LogP contribution in [0, 0.1) is 0 Å². The van der Waals surface area contributed by atoms with Crippen molar-refractivity contribution < 1.29 is 9.59 Å². The van der Waals surface area contributed by atoms with Gasteiger partial charge in [-0.05, 0) is 44.5 Å². The van der Waals surface area contributed by atoms with Crippen molar-refractivity contribution >= 4 is 55.9 Å². The summed E-state index contributed by atoms with van der Waals surface area (Å²) in [7, 11) is 1.77. The van der Waals surface area contributed by atoms with E-state index in [2.05, 4.69) is 10.3 Å². The molecule has 0 atom stereocenters. The summed E-state index contributed by atoms with van der Waals surface area (Å²) in [6.07, 6.45) is 1.97. The quantitative estimate of drug-likeness (QED) is 0.551. The predicted octanol–water partition coefficient (Wildman–Crippen LogP) is 3.94. The zero-order valence-corrected chi connectivity index (χ0v) is 18.3. The summed E-state index contributed by atoms with van der Waals surface area (Å²) in [5.41, 5.74) is 1.67. The molecule has 8 heteroatoms. The van der Waals surface area contributed by atoms with Gasteiger partial charge in [0, 0.05) is 11.4 Å². The highest BCUT2D eigenvalue weighted by molar-refractivity contribution is 7.98. The molecule has 0 unspecified atom stereocenters. The lowest BCUT2D eigenvalue weighted by atomic mass is 10.3. The molecule has 0 aliphatic rings. The van der Waals surface area contributed by atoms with Crippen LogP contribution in [0.3, 0.4) is 0 Å². The summed E-state index contributed by atoms with van der Waals surface area (Å²) < 4.78 is 1.05. The molecule has 6 nitrogen and oxygen atoms in total. The molecule has 0 fully saturated rings. The number of anilines is 2. The van der Waals surface area contributed by atoms with Crippen LogP contribution >= 0.6 is 23.1 Å². The van der Waals surface area contributed by atoms with Crippen LogP contribution in [0.4, 0.5) is 10.8 Å². The zero-order valence-electron chi connectivity index (χ0n) is 16.7. The highest BCUT2D eigenvalue weighted by atomic mass is 32.2. The highest BCUT2D eigenvalue weighted by Gasteiger charge is 2.20. The van der Waals surface area contributed by atoms with Crippen molar-refractivity contribution in [3.05, 3.63) is 48.5 Å². The number of carbonyl (C=O) groups excluding carboxylic acids is 2. The number of thioether (sulfide) groups is 1. The van der Waals surface area contributed by atoms with E-state index in [1.807, 2.05) is 61.7 Å². The maximum atomic E-state index is 12.8. The fourth-order valence-corrected chi connectivity index (χ4v) is 4.55. The molecule has 1 N–H and O–H groups in total. The number of nitrogens with one attached hydrogen (secondary N) is 1. The third-order valence-corrected chi connectivity index (χ3v) is 6.19. The van der Waals surface area contributed by atoms with Gasteiger partial charge in [0.15, 0.2) is 5.13 Å². The minimum atomic E-state index is -0.148. The molecule has 0 spiro atoms. The van der Waals surface area contributed by atoms with Crippen molar-refractivity contribution in [1.29, 1.82) is 0 Å². The molecule has 2 aromatic carbocycles. The van der Waals surface area contributed by atoms with Gasteiger partial charge in [0.25, 0.3) is 0 Å². The molecular weight excluding hydrogens is 404 g/mol. The van der Waals surface area contributed by atoms with Crippen molar-refractivity contribution in [3.63, 3.8) is 0 Å². The van der Waals surface area contributed by atoms with Gasteiger partial charge in [0.1, 0.15) is 0 Å². The minimum Gasteiger partial charge on any atom is -0.324 e. The lowest BCUT2D eigenvalue weighted by molar-refractivity contribution is -0.121. The molecule has 0 aliphatic heterocycles. The Kier molecular flexibility index (Phi) is 7.24. The summed E-state index contributed by atoms with van der Waals surface area (Å²) in [6.45, 7) is 2.73. The molecule has 0 bridgehead atoms. The van der Waals surface area contributed by atoms with Crippen molar-refractivity contribution in [2.75, 3.05) is 43.2 Å². The van der Waals surface area contributed by atoms with Gasteiger partial charge in [-0.2, -0.15) is 0 Å². The number of para-hydroxylation sites is 2. The molecule has 3 aromatic rings. The Labute approximate surface area is 178 Å². The number of thiazole rings is 1. The van der Waals surface area contributed by atoms with Crippen molar-refractivity contribution in [1.82, 2.24) is 9.88 Å². The number of carbonyl (C=O) groups is 2. The maximum absolute atomic E-state index is 12.8. The van der Waals surface area contributed by atoms with Crippen LogP contribution in [-0.2, 0) is 9.59 Å². The van der Waals surface area contributed by atoms with Gasteiger partial charge in [-0.25, -0.2) is 4.98 Å². The first-order chi connectivity index (χ1) is 14.0. The van der Waals surface area contributed by atoms with Gasteiger partial charge in [-0.1, -0.05) is 35.6 Å². The average molecular weight is 429 g/mol. The van der Waals surface area contributed by atoms with E-state index in [4.69, 9.17) is 0 Å². The van der Waals surface area contributed by atoms with Gasteiger partial charge in [0.2, 0.25) is 11.8 Å². The van der Waals surface area contributed by atoms with E-state index >= 15 is 0 Å². The molecule has 3 rings (SSSR count). The zero-order chi connectivity index (χ0) is 20.8. The maximum Gasteiger partial charge on any atom is 0.242 e. The number of amides is 2. The lowest BCUT2D eigenvalue weighted by Gasteiger charge is -2.22. The number of benzene rings is 2. The molecular formula is C21H24N4O2S2. The predicted molar refractivity (Wildman–Crippen MR) is 122 cm³/mol. The molecule has 29 heavy (non-hydrogen) atoms. The molecule has 0 saturated carbocycles. The fourth-order valence-electron chi connectivity index (χ4n) is 2.95. The van der Waals surface area contributed by atoms with Crippen LogP contribution in [0.1, 0.15) is 6.92 Å². The number of hydrogen-bond acceptors (Lipinski definition) is 6. The normalized spacial score (nSPS) is 11.0. The Balaban J connectivity index is 1.60. The van der Waals surface area contributed by atoms with Crippen LogP contribution < -0.4 is 10.2 Å². The second kappa shape index (κ2) is 9.87. The Morgan fingerprint density at radius 1 is 1.10 bits per heavy atom. The van der Waals surface area contributed by atoms with Crippen LogP contribution in [0.2, 0.25) is 0 Å². The van der Waals surface area contributed by atoms with Crippen molar-refractivity contribution in [2.45, 2.75) is 11.8 Å². The SMILES string of the molecule is CCN(C(=O)CN(C)CC(=O)Nc1ccccc1SC)c1nc2ccccc2s1. The molecule has 2 amide bonds. The molecule has 0 radical (unpaired) electrons. The summed E-state index contributed by atoms with van der Waals surface area (Å²) in [5, 5.41) is 3.61. The number of likely N-dealkylation sites (N-methyl/N-ethyl adjacent to an activating group) is 2. The second-order valence-electron chi connectivity index (χ2n) is 6.52. The Morgan fingerprint density at radius 2 is 1.83 bits per heavy atom. The van der Waals surface area contributed by atoms with E-state index in [0.29, 0.717) is 11.7 Å². The van der Waals surface area contributed by atoms with Crippen LogP contribution in [-0.4, -0.2) is 54.6 Å². The van der Waals surface area contributed by atoms with E-state index in [-0.39, 0.29) is 24.9 Å². The first-order valence-electron chi connectivity index (χ1n) is 9.29. The third kappa shape index (κ3) is 5.35. The Hall–Kier alpha value is -2.42. The largest absolute Gasteiger partial charge is 0.324 e. The number of rotatable bonds is 8. The van der Waals surface area contributed by atoms with E-state index < -0.39 is 0 Å². The molecule has 1 aromatic heterocycles. The topological polar surface area (TPSA) is 65.5 Å². The van der Waals surface area contributed by atoms with Crippen molar-refractivity contribution in [2.24, 2.45) is 0 Å². The van der Waals surface area contributed by atoms with E-state index in [0.717, 1.165) is 20.8 Å². The van der Waals surface area contributed by atoms with Gasteiger partial charge in [0.05, 0.1) is 29.0 Å². The summed E-state index contributed by atoms with van der Waals surface area (Å²) in [4.78, 5) is 34.2. The third-order valence-electron chi connectivity index (χ3n) is 4.33. The summed E-state index contributed by atoms with van der Waals surface area (Å²) >= 11 is 3.08. The average Bonchev–Trinajstić information content (AvgIpc) is 3.12. The molecule has 1 heterocycles. The number of aromatic nitrogens is 1. The first-order valence-corrected chi connectivity index (χ1v) is 11.3. The van der Waals surface area contributed by atoms with E-state index in [1.165, 1.54) is 11.3 Å². The molecule has 0 saturated heterocycles. The van der Waals surface area contributed by atoms with E-state index in [1.54, 1.807) is 28.6 Å². The van der Waals surface area contributed by atoms with E-state index in [9.17, 15) is 9.59 Å². The Morgan fingerprint density at radius 3 is 2.55 bits per heavy atom. The van der Waals surface area contributed by atoms with Gasteiger partial charge >= 0.3 is 0 Å². The van der Waals surface area contributed by atoms with Crippen LogP contribution in [0.15, 0.2) is 53.4 Å². The standard InChI is InChI=1S/C21H24N4O2S2/c1-4-25(21-23-16-10-6-8-12-18(16)29-21)20(27)14-24(2)13-19(26)22-15-9-5-7-11-17(15)28-3/h5-12H,4,13-14H2,1-3H3,(H,22,26). The monoisotopic (exact) mass is 428 g/mol. The number of nitrogens with zero attached hydrogens (tertiary/aromatic N) is 3. The molecule has 0 aliphatic carbocycles. The lowest BCUT2D eigenvalue weighted by Crippen LogP contribution is -2.41. The first kappa shape index (κ1) is 21.3. The van der Waals surface area contributed by atoms with Gasteiger partial charge in [-0.15, -0.1) is 11.8 Å². The van der Waals surface area contributed by atoms with Crippen LogP contribution in [0.25, 0.3) is 10.2 Å². The van der Waals surface area contributed by atoms with Gasteiger partial charge < -0.3 is 5.32 Å². The second-order valence-corrected chi connectivity index (χ2v) is 8.38. The minimum absolute atomic E-state index is 0.0774. The summed E-state index contributed by atoms with van der Waals surface area (Å²) in [5.74, 6) is -0.226. The molecule has 152 valence electrons. The smallest absolute Gasteiger partial charge is 0.242 e. The van der Waals surface area contributed by atoms with Gasteiger partial charge in [-0.3, -0.25) is 19.4 Å². The highest BCUT2D eigenvalue weighted by Crippen LogP contribution is 2.28.